The Hall–Kier alpha value is -8.99. The van der Waals surface area contributed by atoms with Crippen LogP contribution in [0.4, 0.5) is 32.8 Å². The van der Waals surface area contributed by atoms with Crippen molar-refractivity contribution in [3.8, 4) is 50.3 Å². The first-order valence-corrected chi connectivity index (χ1v) is 25.4. The second-order valence-electron chi connectivity index (χ2n) is 20.1. The van der Waals surface area contributed by atoms with Gasteiger partial charge in [0.1, 0.15) is 5.82 Å². The molecule has 1 aromatic heterocycles. The molecule has 3 nitrogen and oxygen atoms in total. The first kappa shape index (κ1) is 42.9. The molecule has 3 aliphatic rings. The van der Waals surface area contributed by atoms with Gasteiger partial charge in [-0.1, -0.05) is 190 Å². The van der Waals surface area contributed by atoms with Gasteiger partial charge in [-0.25, -0.2) is 4.39 Å². The van der Waals surface area contributed by atoms with E-state index in [1.165, 1.54) is 39.2 Å². The van der Waals surface area contributed by atoms with Crippen LogP contribution in [0.15, 0.2) is 255 Å². The zero-order valence-corrected chi connectivity index (χ0v) is 40.6. The summed E-state index contributed by atoms with van der Waals surface area (Å²) in [5.41, 5.74) is 20.9. The number of rotatable bonds is 8. The number of para-hydroxylation sites is 1. The molecule has 0 bridgehead atoms. The maximum Gasteiger partial charge on any atom is 0.123 e. The number of fused-ring (bicyclic) bond motifs is 9. The van der Waals surface area contributed by atoms with Gasteiger partial charge in [0, 0.05) is 61.8 Å². The summed E-state index contributed by atoms with van der Waals surface area (Å²) in [6.07, 6.45) is 9.10. The minimum absolute atomic E-state index is 0.155. The second kappa shape index (κ2) is 16.8. The molecule has 0 amide bonds. The summed E-state index contributed by atoms with van der Waals surface area (Å²) in [5.74, 6) is -0.0461. The monoisotopic (exact) mass is 939 g/mol. The molecule has 348 valence electrons. The maximum atomic E-state index is 14.7. The van der Waals surface area contributed by atoms with Crippen LogP contribution in [0.2, 0.25) is 0 Å². The molecule has 2 unspecified atom stereocenters. The molecule has 0 spiro atoms. The van der Waals surface area contributed by atoms with Crippen LogP contribution in [0.5, 0.6) is 0 Å². The topological polar surface area (TPSA) is 11.4 Å². The van der Waals surface area contributed by atoms with Crippen LogP contribution in [0.25, 0.3) is 72.0 Å². The molecule has 2 atom stereocenters. The number of anilines is 5. The van der Waals surface area contributed by atoms with E-state index in [2.05, 4.69) is 259 Å². The van der Waals surface area contributed by atoms with E-state index < -0.39 is 0 Å². The first-order chi connectivity index (χ1) is 35.9. The average molecular weight is 940 g/mol. The zero-order valence-electron chi connectivity index (χ0n) is 40.6. The van der Waals surface area contributed by atoms with Crippen LogP contribution in [0, 0.1) is 5.82 Å². The Kier molecular flexibility index (Phi) is 9.88. The highest BCUT2D eigenvalue weighted by Crippen LogP contribution is 2.53. The van der Waals surface area contributed by atoms with Crippen LogP contribution in [-0.2, 0) is 5.41 Å². The quantitative estimate of drug-likeness (QED) is 0.150. The molecule has 0 fully saturated rings. The van der Waals surface area contributed by atoms with Gasteiger partial charge in [0.05, 0.1) is 17.3 Å². The van der Waals surface area contributed by atoms with E-state index in [1.807, 2.05) is 12.1 Å². The highest BCUT2D eigenvalue weighted by molar-refractivity contribution is 6.18. The minimum atomic E-state index is -0.261. The van der Waals surface area contributed by atoms with Gasteiger partial charge in [0.25, 0.3) is 0 Å². The van der Waals surface area contributed by atoms with E-state index >= 15 is 0 Å². The lowest BCUT2D eigenvalue weighted by Crippen LogP contribution is -2.28. The first-order valence-electron chi connectivity index (χ1n) is 25.4. The number of hydrogen-bond acceptors (Lipinski definition) is 2. The Balaban J connectivity index is 0.935. The lowest BCUT2D eigenvalue weighted by molar-refractivity contribution is 0.627. The molecule has 2 heterocycles. The van der Waals surface area contributed by atoms with Gasteiger partial charge in [-0.15, -0.1) is 0 Å². The summed E-state index contributed by atoms with van der Waals surface area (Å²) in [5, 5.41) is 3.41. The Morgan fingerprint density at radius 2 is 1.08 bits per heavy atom. The van der Waals surface area contributed by atoms with Crippen molar-refractivity contribution >= 4 is 50.1 Å². The summed E-state index contributed by atoms with van der Waals surface area (Å²) >= 11 is 0. The molecular formula is C69H50FN3. The Labute approximate surface area is 425 Å². The van der Waals surface area contributed by atoms with Crippen LogP contribution >= 0.6 is 0 Å². The van der Waals surface area contributed by atoms with Gasteiger partial charge in [0.15, 0.2) is 0 Å². The summed E-state index contributed by atoms with van der Waals surface area (Å²) in [4.78, 5) is 4.95. The van der Waals surface area contributed by atoms with Crippen molar-refractivity contribution in [1.82, 2.24) is 4.57 Å². The van der Waals surface area contributed by atoms with Crippen LogP contribution in [0.1, 0.15) is 36.5 Å². The fraction of sp³-hybridized carbons (Fsp3) is 0.0725. The molecule has 14 rings (SSSR count). The lowest BCUT2D eigenvalue weighted by Gasteiger charge is -2.29. The van der Waals surface area contributed by atoms with Crippen LogP contribution in [-0.4, -0.2) is 10.6 Å². The molecule has 0 saturated carbocycles. The number of nitrogens with zero attached hydrogens (tertiary/aromatic N) is 3. The van der Waals surface area contributed by atoms with Crippen LogP contribution in [0.3, 0.4) is 0 Å². The van der Waals surface area contributed by atoms with Gasteiger partial charge < -0.3 is 14.4 Å². The fourth-order valence-corrected chi connectivity index (χ4v) is 12.4. The summed E-state index contributed by atoms with van der Waals surface area (Å²) < 4.78 is 17.0. The SMILES string of the molecule is CC1(C)c2ccccc2-c2ccc(N(c3ccc(-c4cccc5c4ccc4c(-c6ccccc6)c(-c6ccccc6)n(-c6ccc(F)cc6)c45)cc3)c3ccc4c(c3)C3C=CC=CC3N4c3ccccc3)cc21. The molecule has 10 aromatic carbocycles. The number of hydrogen-bond donors (Lipinski definition) is 0. The van der Waals surface area contributed by atoms with Gasteiger partial charge >= 0.3 is 0 Å². The van der Waals surface area contributed by atoms with Crippen molar-refractivity contribution in [2.75, 3.05) is 9.80 Å². The lowest BCUT2D eigenvalue weighted by atomic mass is 9.82. The summed E-state index contributed by atoms with van der Waals surface area (Å²) in [7, 11) is 0. The van der Waals surface area contributed by atoms with E-state index in [0.717, 1.165) is 77.9 Å². The van der Waals surface area contributed by atoms with Gasteiger partial charge in [-0.3, -0.25) is 0 Å². The Bertz CT molecular complexity index is 4000. The molecule has 4 heteroatoms. The average Bonchev–Trinajstić information content (AvgIpc) is 4.05. The van der Waals surface area contributed by atoms with Gasteiger partial charge in [-0.2, -0.15) is 0 Å². The molecule has 1 aliphatic heterocycles. The summed E-state index contributed by atoms with van der Waals surface area (Å²) in [6, 6.07) is 82.5. The van der Waals surface area contributed by atoms with Crippen molar-refractivity contribution in [3.63, 3.8) is 0 Å². The predicted octanol–water partition coefficient (Wildman–Crippen LogP) is 18.4. The van der Waals surface area contributed by atoms with E-state index in [0.29, 0.717) is 0 Å². The van der Waals surface area contributed by atoms with Crippen LogP contribution < -0.4 is 9.80 Å². The Morgan fingerprint density at radius 3 is 1.86 bits per heavy atom. The third-order valence-corrected chi connectivity index (χ3v) is 15.8. The van der Waals surface area contributed by atoms with Crippen molar-refractivity contribution in [1.29, 1.82) is 0 Å². The van der Waals surface area contributed by atoms with E-state index in [4.69, 9.17) is 0 Å². The smallest absolute Gasteiger partial charge is 0.123 e. The van der Waals surface area contributed by atoms with Gasteiger partial charge in [-0.05, 0) is 134 Å². The number of aromatic nitrogens is 1. The highest BCUT2D eigenvalue weighted by atomic mass is 19.1. The normalized spacial score (nSPS) is 15.8. The third-order valence-electron chi connectivity index (χ3n) is 15.8. The van der Waals surface area contributed by atoms with Crippen molar-refractivity contribution < 1.29 is 4.39 Å². The van der Waals surface area contributed by atoms with Crippen molar-refractivity contribution in [2.45, 2.75) is 31.2 Å². The number of halogens is 1. The molecule has 0 radical (unpaired) electrons. The van der Waals surface area contributed by atoms with E-state index in [9.17, 15) is 4.39 Å². The standard InChI is InChI=1S/C69H50FN3/c1-69(2)62-27-14-12-23-56(62)57-39-37-53(44-63(57)69)71(52-38-42-65-61(43-52)58-24-13-15-28-64(58)72(65)49-21-10-5-11-22-49)50-33-29-45(30-34-50)54-25-16-26-59-55(54)40-41-60-66(46-17-6-3-7-18-46)67(47-19-8-4-9-20-47)73(68(59)60)51-35-31-48(70)32-36-51/h3-44,58,64H,1-2H3. The van der Waals surface area contributed by atoms with E-state index in [1.54, 1.807) is 12.1 Å². The molecular weight excluding hydrogens is 890 g/mol. The maximum absolute atomic E-state index is 14.7. The summed E-state index contributed by atoms with van der Waals surface area (Å²) in [6.45, 7) is 4.72. The second-order valence-corrected chi connectivity index (χ2v) is 20.1. The van der Waals surface area contributed by atoms with Crippen molar-refractivity contribution in [3.05, 3.63) is 277 Å². The van der Waals surface area contributed by atoms with E-state index in [-0.39, 0.29) is 23.2 Å². The minimum Gasteiger partial charge on any atom is -0.333 e. The van der Waals surface area contributed by atoms with Gasteiger partial charge in [0.2, 0.25) is 0 Å². The highest BCUT2D eigenvalue weighted by Gasteiger charge is 2.39. The fourth-order valence-electron chi connectivity index (χ4n) is 12.4. The van der Waals surface area contributed by atoms with Crippen molar-refractivity contribution in [2.24, 2.45) is 0 Å². The molecule has 2 aliphatic carbocycles. The zero-order chi connectivity index (χ0) is 48.8. The molecule has 11 aromatic rings. The molecule has 0 saturated heterocycles. The molecule has 0 N–H and O–H groups in total. The molecule has 73 heavy (non-hydrogen) atoms. The number of benzene rings is 10. The largest absolute Gasteiger partial charge is 0.333 e. The Morgan fingerprint density at radius 1 is 0.452 bits per heavy atom. The third kappa shape index (κ3) is 6.78. The number of allylic oxidation sites excluding steroid dienone is 2. The predicted molar refractivity (Wildman–Crippen MR) is 303 cm³/mol.